The molecule has 29 heavy (non-hydrogen) atoms. The van der Waals surface area contributed by atoms with Gasteiger partial charge in [-0.05, 0) is 49.4 Å². The molecule has 0 unspecified atom stereocenters. The molecular weight excluding hydrogens is 364 g/mol. The average molecular weight is 388 g/mol. The smallest absolute Gasteiger partial charge is 0.287 e. The topological polar surface area (TPSA) is 76.0 Å². The Morgan fingerprint density at radius 2 is 1.76 bits per heavy atom. The van der Waals surface area contributed by atoms with Gasteiger partial charge in [-0.1, -0.05) is 42.5 Å². The Bertz CT molecular complexity index is 1040. The van der Waals surface area contributed by atoms with E-state index in [0.717, 1.165) is 36.1 Å². The molecule has 2 amide bonds. The molecule has 2 N–H and O–H groups in total. The van der Waals surface area contributed by atoms with Crippen molar-refractivity contribution in [3.05, 3.63) is 82.9 Å². The first-order valence-corrected chi connectivity index (χ1v) is 9.92. The molecule has 2 heterocycles. The standard InChI is InChI=1S/C23H24N4O2/c1-16-9-5-6-10-17(16)15-24-23(29)21-26-20(19-13-7-8-14-27(19)21)22(28)25-18-11-3-2-4-12-18/h2-6,9-12H,7-8,13-15H2,1H3,(H,24,29)(H,25,28). The summed E-state index contributed by atoms with van der Waals surface area (Å²) in [6.45, 7) is 3.15. The number of aromatic nitrogens is 2. The second kappa shape index (κ2) is 8.31. The van der Waals surface area contributed by atoms with Gasteiger partial charge in [-0.3, -0.25) is 9.59 Å². The first-order valence-electron chi connectivity index (χ1n) is 9.92. The van der Waals surface area contributed by atoms with E-state index in [1.807, 2.05) is 66.1 Å². The molecule has 6 heteroatoms. The lowest BCUT2D eigenvalue weighted by Gasteiger charge is -2.17. The number of carbonyl (C=O) groups is 2. The number of rotatable bonds is 5. The fourth-order valence-electron chi connectivity index (χ4n) is 3.67. The molecule has 0 saturated carbocycles. The molecule has 0 aliphatic carbocycles. The fraction of sp³-hybridized carbons (Fsp3) is 0.261. The van der Waals surface area contributed by atoms with Crippen LogP contribution in [0.2, 0.25) is 0 Å². The second-order valence-corrected chi connectivity index (χ2v) is 7.27. The van der Waals surface area contributed by atoms with Crippen molar-refractivity contribution in [3.63, 3.8) is 0 Å². The third-order valence-electron chi connectivity index (χ3n) is 5.27. The van der Waals surface area contributed by atoms with Crippen molar-refractivity contribution in [3.8, 4) is 0 Å². The van der Waals surface area contributed by atoms with Gasteiger partial charge in [-0.15, -0.1) is 0 Å². The van der Waals surface area contributed by atoms with Crippen molar-refractivity contribution >= 4 is 17.5 Å². The van der Waals surface area contributed by atoms with Gasteiger partial charge >= 0.3 is 0 Å². The third-order valence-corrected chi connectivity index (χ3v) is 5.27. The Balaban J connectivity index is 1.56. The molecule has 0 saturated heterocycles. The summed E-state index contributed by atoms with van der Waals surface area (Å²) in [4.78, 5) is 30.2. The average Bonchev–Trinajstić information content (AvgIpc) is 3.14. The summed E-state index contributed by atoms with van der Waals surface area (Å²) in [7, 11) is 0. The lowest BCUT2D eigenvalue weighted by molar-refractivity contribution is 0.0935. The SMILES string of the molecule is Cc1ccccc1CNC(=O)c1nc(C(=O)Nc2ccccc2)c2n1CCCC2. The Hall–Kier alpha value is -3.41. The number of benzene rings is 2. The minimum atomic E-state index is -0.278. The van der Waals surface area contributed by atoms with E-state index in [4.69, 9.17) is 0 Å². The summed E-state index contributed by atoms with van der Waals surface area (Å²) in [6.07, 6.45) is 2.71. The maximum absolute atomic E-state index is 12.9. The van der Waals surface area contributed by atoms with E-state index in [1.165, 1.54) is 0 Å². The number of hydrogen-bond acceptors (Lipinski definition) is 3. The van der Waals surface area contributed by atoms with Crippen LogP contribution in [0.3, 0.4) is 0 Å². The van der Waals surface area contributed by atoms with Crippen LogP contribution in [-0.4, -0.2) is 21.4 Å². The number of imidazole rings is 1. The molecule has 0 radical (unpaired) electrons. The minimum Gasteiger partial charge on any atom is -0.345 e. The highest BCUT2D eigenvalue weighted by molar-refractivity contribution is 6.05. The number of hydrogen-bond donors (Lipinski definition) is 2. The molecule has 148 valence electrons. The van der Waals surface area contributed by atoms with Gasteiger partial charge < -0.3 is 15.2 Å². The molecule has 1 aromatic heterocycles. The van der Waals surface area contributed by atoms with Gasteiger partial charge in [0.05, 0.1) is 5.69 Å². The van der Waals surface area contributed by atoms with E-state index in [1.54, 1.807) is 0 Å². The lowest BCUT2D eigenvalue weighted by atomic mass is 10.1. The molecule has 4 rings (SSSR count). The van der Waals surface area contributed by atoms with E-state index >= 15 is 0 Å². The highest BCUT2D eigenvalue weighted by atomic mass is 16.2. The van der Waals surface area contributed by atoms with Gasteiger partial charge in [0, 0.05) is 18.8 Å². The molecule has 3 aromatic rings. The summed E-state index contributed by atoms with van der Waals surface area (Å²) in [5, 5.41) is 5.83. The summed E-state index contributed by atoms with van der Waals surface area (Å²) >= 11 is 0. The molecule has 0 atom stereocenters. The quantitative estimate of drug-likeness (QED) is 0.700. The number of nitrogens with zero attached hydrogens (tertiary/aromatic N) is 2. The van der Waals surface area contributed by atoms with E-state index in [0.29, 0.717) is 30.3 Å². The molecule has 6 nitrogen and oxygen atoms in total. The highest BCUT2D eigenvalue weighted by Crippen LogP contribution is 2.22. The van der Waals surface area contributed by atoms with Crippen molar-refractivity contribution in [2.24, 2.45) is 0 Å². The first-order chi connectivity index (χ1) is 14.1. The monoisotopic (exact) mass is 388 g/mol. The van der Waals surface area contributed by atoms with Crippen molar-refractivity contribution in [2.45, 2.75) is 39.3 Å². The van der Waals surface area contributed by atoms with E-state index in [2.05, 4.69) is 15.6 Å². The first kappa shape index (κ1) is 18.9. The van der Waals surface area contributed by atoms with Crippen LogP contribution in [0.25, 0.3) is 0 Å². The van der Waals surface area contributed by atoms with Crippen LogP contribution in [0, 0.1) is 6.92 Å². The van der Waals surface area contributed by atoms with Crippen LogP contribution in [0.1, 0.15) is 50.8 Å². The van der Waals surface area contributed by atoms with Gasteiger partial charge in [-0.2, -0.15) is 0 Å². The summed E-state index contributed by atoms with van der Waals surface area (Å²) < 4.78 is 1.90. The largest absolute Gasteiger partial charge is 0.345 e. The number of anilines is 1. The summed E-state index contributed by atoms with van der Waals surface area (Å²) in [6, 6.07) is 17.2. The van der Waals surface area contributed by atoms with E-state index in [-0.39, 0.29) is 11.8 Å². The number of aryl methyl sites for hydroxylation is 1. The molecule has 1 aliphatic heterocycles. The van der Waals surface area contributed by atoms with Crippen molar-refractivity contribution in [1.82, 2.24) is 14.9 Å². The maximum Gasteiger partial charge on any atom is 0.287 e. The van der Waals surface area contributed by atoms with E-state index in [9.17, 15) is 9.59 Å². The number of carbonyl (C=O) groups excluding carboxylic acids is 2. The Morgan fingerprint density at radius 3 is 2.55 bits per heavy atom. The number of fused-ring (bicyclic) bond motifs is 1. The van der Waals surface area contributed by atoms with Crippen molar-refractivity contribution < 1.29 is 9.59 Å². The van der Waals surface area contributed by atoms with Gasteiger partial charge in [0.1, 0.15) is 0 Å². The van der Waals surface area contributed by atoms with Crippen LogP contribution >= 0.6 is 0 Å². The normalized spacial score (nSPS) is 12.9. The lowest BCUT2D eigenvalue weighted by Crippen LogP contribution is -2.27. The molecule has 0 fully saturated rings. The molecular formula is C23H24N4O2. The Labute approximate surface area is 170 Å². The van der Waals surface area contributed by atoms with Crippen molar-refractivity contribution in [2.75, 3.05) is 5.32 Å². The summed E-state index contributed by atoms with van der Waals surface area (Å²) in [5.74, 6) is -0.221. The van der Waals surface area contributed by atoms with Gasteiger partial charge in [0.2, 0.25) is 0 Å². The molecule has 1 aliphatic rings. The number of amides is 2. The Kier molecular flexibility index (Phi) is 5.42. The number of nitrogens with one attached hydrogen (secondary N) is 2. The zero-order valence-corrected chi connectivity index (χ0v) is 16.4. The van der Waals surface area contributed by atoms with Crippen LogP contribution < -0.4 is 10.6 Å². The van der Waals surface area contributed by atoms with E-state index < -0.39 is 0 Å². The molecule has 0 spiro atoms. The van der Waals surface area contributed by atoms with Crippen molar-refractivity contribution in [1.29, 1.82) is 0 Å². The third kappa shape index (κ3) is 4.06. The number of para-hydroxylation sites is 1. The van der Waals surface area contributed by atoms with Gasteiger partial charge in [0.15, 0.2) is 11.5 Å². The van der Waals surface area contributed by atoms with Crippen LogP contribution in [0.4, 0.5) is 5.69 Å². The zero-order valence-electron chi connectivity index (χ0n) is 16.4. The van der Waals surface area contributed by atoms with Crippen LogP contribution in [0.15, 0.2) is 54.6 Å². The van der Waals surface area contributed by atoms with Crippen LogP contribution in [-0.2, 0) is 19.5 Å². The van der Waals surface area contributed by atoms with Crippen LogP contribution in [0.5, 0.6) is 0 Å². The highest BCUT2D eigenvalue weighted by Gasteiger charge is 2.27. The second-order valence-electron chi connectivity index (χ2n) is 7.27. The van der Waals surface area contributed by atoms with Gasteiger partial charge in [-0.25, -0.2) is 4.98 Å². The molecule has 2 aromatic carbocycles. The Morgan fingerprint density at radius 1 is 1.00 bits per heavy atom. The molecule has 0 bridgehead atoms. The predicted molar refractivity (Wildman–Crippen MR) is 112 cm³/mol. The zero-order chi connectivity index (χ0) is 20.2. The van der Waals surface area contributed by atoms with Gasteiger partial charge in [0.25, 0.3) is 11.8 Å². The summed E-state index contributed by atoms with van der Waals surface area (Å²) in [5.41, 5.74) is 4.08. The fourth-order valence-corrected chi connectivity index (χ4v) is 3.67. The minimum absolute atomic E-state index is 0.254. The maximum atomic E-state index is 12.9. The predicted octanol–water partition coefficient (Wildman–Crippen LogP) is 3.71.